The quantitative estimate of drug-likeness (QED) is 0.470. The summed E-state index contributed by atoms with van der Waals surface area (Å²) < 4.78 is 4.95. The maximum atomic E-state index is 11.0. The number of rotatable bonds is 6. The molecule has 0 amide bonds. The molecule has 2 aromatic carbocycles. The Balaban J connectivity index is 2.22. The molecule has 0 saturated heterocycles. The molecule has 0 aliphatic carbocycles. The molecule has 0 radical (unpaired) electrons. The van der Waals surface area contributed by atoms with Gasteiger partial charge in [0.25, 0.3) is 5.69 Å². The third kappa shape index (κ3) is 3.74. The van der Waals surface area contributed by atoms with Gasteiger partial charge in [0.15, 0.2) is 0 Å². The van der Waals surface area contributed by atoms with E-state index in [1.54, 1.807) is 12.1 Å². The van der Waals surface area contributed by atoms with Crippen molar-refractivity contribution in [2.24, 2.45) is 5.10 Å². The van der Waals surface area contributed by atoms with Crippen LogP contribution >= 0.6 is 0 Å². The second kappa shape index (κ2) is 7.05. The highest BCUT2D eigenvalue weighted by Gasteiger charge is 2.19. The molecule has 0 spiro atoms. The van der Waals surface area contributed by atoms with Crippen LogP contribution in [0.15, 0.2) is 41.5 Å². The lowest BCUT2D eigenvalue weighted by molar-refractivity contribution is -0.393. The van der Waals surface area contributed by atoms with Gasteiger partial charge >= 0.3 is 5.69 Å². The van der Waals surface area contributed by atoms with Crippen molar-refractivity contribution < 1.29 is 19.7 Å². The van der Waals surface area contributed by atoms with Crippen LogP contribution in [0.4, 0.5) is 17.1 Å². The van der Waals surface area contributed by atoms with E-state index in [1.165, 1.54) is 25.5 Å². The Hall–Kier alpha value is -3.69. The average Bonchev–Trinajstić information content (AvgIpc) is 2.56. The van der Waals surface area contributed by atoms with Crippen molar-refractivity contribution in [3.63, 3.8) is 0 Å². The molecule has 0 unspecified atom stereocenters. The first kappa shape index (κ1) is 16.7. The van der Waals surface area contributed by atoms with Crippen LogP contribution in [0, 0.1) is 20.2 Å². The lowest BCUT2D eigenvalue weighted by atomic mass is 10.2. The van der Waals surface area contributed by atoms with Crippen molar-refractivity contribution in [2.45, 2.75) is 0 Å². The fourth-order valence-electron chi connectivity index (χ4n) is 1.81. The molecule has 10 heteroatoms. The lowest BCUT2D eigenvalue weighted by Gasteiger charge is -2.04. The van der Waals surface area contributed by atoms with Crippen LogP contribution in [-0.4, -0.2) is 28.3 Å². The first-order valence-electron chi connectivity index (χ1n) is 6.51. The van der Waals surface area contributed by atoms with Gasteiger partial charge in [-0.1, -0.05) is 0 Å². The van der Waals surface area contributed by atoms with Crippen LogP contribution in [-0.2, 0) is 0 Å². The van der Waals surface area contributed by atoms with Gasteiger partial charge in [-0.05, 0) is 18.2 Å². The molecule has 0 aliphatic rings. The van der Waals surface area contributed by atoms with Crippen molar-refractivity contribution in [2.75, 3.05) is 12.5 Å². The Morgan fingerprint density at radius 2 is 1.92 bits per heavy atom. The van der Waals surface area contributed by atoms with E-state index in [-0.39, 0.29) is 11.4 Å². The van der Waals surface area contributed by atoms with Crippen LogP contribution in [0.2, 0.25) is 0 Å². The fourth-order valence-corrected chi connectivity index (χ4v) is 1.81. The normalized spacial score (nSPS) is 10.5. The van der Waals surface area contributed by atoms with Gasteiger partial charge in [-0.15, -0.1) is 0 Å². The third-order valence-electron chi connectivity index (χ3n) is 3.02. The van der Waals surface area contributed by atoms with Gasteiger partial charge in [0, 0.05) is 17.7 Å². The summed E-state index contributed by atoms with van der Waals surface area (Å²) in [4.78, 5) is 20.2. The van der Waals surface area contributed by atoms with Crippen LogP contribution in [0.3, 0.4) is 0 Å². The number of benzene rings is 2. The fraction of sp³-hybridized carbons (Fsp3) is 0.0714. The number of ether oxygens (including phenoxy) is 1. The van der Waals surface area contributed by atoms with Gasteiger partial charge in [-0.2, -0.15) is 5.10 Å². The van der Waals surface area contributed by atoms with Crippen LogP contribution in [0.1, 0.15) is 5.56 Å². The molecule has 0 fully saturated rings. The van der Waals surface area contributed by atoms with Crippen molar-refractivity contribution in [3.8, 4) is 11.5 Å². The number of anilines is 1. The number of methoxy groups -OCH3 is 1. The van der Waals surface area contributed by atoms with Gasteiger partial charge < -0.3 is 9.84 Å². The summed E-state index contributed by atoms with van der Waals surface area (Å²) in [7, 11) is 1.46. The number of nitro groups is 2. The summed E-state index contributed by atoms with van der Waals surface area (Å²) >= 11 is 0. The van der Waals surface area contributed by atoms with E-state index in [1.807, 2.05) is 0 Å². The predicted octanol–water partition coefficient (Wildman–Crippen LogP) is 2.66. The van der Waals surface area contributed by atoms with Gasteiger partial charge in [0.1, 0.15) is 17.2 Å². The Labute approximate surface area is 135 Å². The molecule has 2 N–H and O–H groups in total. The van der Waals surface area contributed by atoms with Crippen molar-refractivity contribution >= 4 is 23.3 Å². The highest BCUT2D eigenvalue weighted by molar-refractivity contribution is 5.84. The molecule has 0 saturated carbocycles. The summed E-state index contributed by atoms with van der Waals surface area (Å²) in [6.45, 7) is 0. The summed E-state index contributed by atoms with van der Waals surface area (Å²) in [5.41, 5.74) is 1.88. The van der Waals surface area contributed by atoms with Gasteiger partial charge in [0.2, 0.25) is 0 Å². The van der Waals surface area contributed by atoms with E-state index >= 15 is 0 Å². The highest BCUT2D eigenvalue weighted by Crippen LogP contribution is 2.29. The number of phenols is 1. The Morgan fingerprint density at radius 1 is 1.17 bits per heavy atom. The number of aromatic hydroxyl groups is 1. The molecule has 0 atom stereocenters. The summed E-state index contributed by atoms with van der Waals surface area (Å²) in [5, 5.41) is 35.2. The van der Waals surface area contributed by atoms with Crippen molar-refractivity contribution in [3.05, 3.63) is 62.2 Å². The molecule has 2 rings (SSSR count). The van der Waals surface area contributed by atoms with Gasteiger partial charge in [0.05, 0.1) is 29.2 Å². The van der Waals surface area contributed by atoms with Crippen LogP contribution in [0.25, 0.3) is 0 Å². The maximum Gasteiger partial charge on any atom is 0.301 e. The van der Waals surface area contributed by atoms with E-state index in [2.05, 4.69) is 10.5 Å². The first-order valence-corrected chi connectivity index (χ1v) is 6.51. The molecular formula is C14H12N4O6. The second-order valence-corrected chi connectivity index (χ2v) is 4.51. The topological polar surface area (TPSA) is 140 Å². The zero-order valence-electron chi connectivity index (χ0n) is 12.4. The zero-order chi connectivity index (χ0) is 17.7. The molecule has 10 nitrogen and oxygen atoms in total. The number of hydrogen-bond acceptors (Lipinski definition) is 8. The summed E-state index contributed by atoms with van der Waals surface area (Å²) in [5.74, 6) is 0.377. The minimum absolute atomic E-state index is 0.0187. The number of phenolic OH excluding ortho intramolecular Hbond substituents is 1. The smallest absolute Gasteiger partial charge is 0.301 e. The Morgan fingerprint density at radius 3 is 2.50 bits per heavy atom. The van der Waals surface area contributed by atoms with Crippen molar-refractivity contribution in [1.29, 1.82) is 0 Å². The molecule has 0 aromatic heterocycles. The Kier molecular flexibility index (Phi) is 4.90. The van der Waals surface area contributed by atoms with E-state index < -0.39 is 21.2 Å². The molecule has 0 aliphatic heterocycles. The predicted molar refractivity (Wildman–Crippen MR) is 85.6 cm³/mol. The summed E-state index contributed by atoms with van der Waals surface area (Å²) in [6, 6.07) is 7.68. The van der Waals surface area contributed by atoms with E-state index in [0.29, 0.717) is 11.3 Å². The standard InChI is InChI=1S/C14H12N4O6/c1-24-11-4-2-9(14(19)7-11)8-15-16-12-5-3-10(17(20)21)6-13(12)18(22)23/h2-8,16,19H,1H3/b15-8-. The highest BCUT2D eigenvalue weighted by atomic mass is 16.6. The minimum Gasteiger partial charge on any atom is -0.507 e. The van der Waals surface area contributed by atoms with Crippen LogP contribution < -0.4 is 10.2 Å². The maximum absolute atomic E-state index is 11.0. The molecule has 24 heavy (non-hydrogen) atoms. The van der Waals surface area contributed by atoms with Crippen molar-refractivity contribution in [1.82, 2.24) is 0 Å². The number of nitrogens with one attached hydrogen (secondary N) is 1. The zero-order valence-corrected chi connectivity index (χ0v) is 12.4. The molecule has 124 valence electrons. The first-order chi connectivity index (χ1) is 11.4. The van der Waals surface area contributed by atoms with Gasteiger partial charge in [-0.3, -0.25) is 25.7 Å². The Bertz CT molecular complexity index is 821. The van der Waals surface area contributed by atoms with E-state index in [9.17, 15) is 25.3 Å². The van der Waals surface area contributed by atoms with E-state index in [0.717, 1.165) is 12.1 Å². The summed E-state index contributed by atoms with van der Waals surface area (Å²) in [6.07, 6.45) is 1.25. The SMILES string of the molecule is COc1ccc(/C=N\Nc2ccc([N+](=O)[O-])cc2[N+](=O)[O-])c(O)c1. The number of hydrogen-bond donors (Lipinski definition) is 2. The number of non-ortho nitro benzene ring substituents is 1. The van der Waals surface area contributed by atoms with E-state index in [4.69, 9.17) is 4.74 Å². The molecule has 0 heterocycles. The van der Waals surface area contributed by atoms with Crippen LogP contribution in [0.5, 0.6) is 11.5 Å². The number of hydrazone groups is 1. The minimum atomic E-state index is -0.754. The average molecular weight is 332 g/mol. The number of nitrogens with zero attached hydrogens (tertiary/aromatic N) is 3. The lowest BCUT2D eigenvalue weighted by Crippen LogP contribution is -1.98. The monoisotopic (exact) mass is 332 g/mol. The largest absolute Gasteiger partial charge is 0.507 e. The third-order valence-corrected chi connectivity index (χ3v) is 3.02. The van der Waals surface area contributed by atoms with Gasteiger partial charge in [-0.25, -0.2) is 0 Å². The molecule has 0 bridgehead atoms. The molecular weight excluding hydrogens is 320 g/mol. The molecule has 2 aromatic rings. The second-order valence-electron chi connectivity index (χ2n) is 4.51. The number of nitro benzene ring substituents is 2.